The minimum atomic E-state index is 0.107. The molecule has 4 heteroatoms. The highest BCUT2D eigenvalue weighted by molar-refractivity contribution is 9.10. The van der Waals surface area contributed by atoms with Crippen LogP contribution in [-0.4, -0.2) is 23.2 Å². The van der Waals surface area contributed by atoms with Crippen molar-refractivity contribution in [3.05, 3.63) is 58.7 Å². The summed E-state index contributed by atoms with van der Waals surface area (Å²) in [6.07, 6.45) is 1.76. The quantitative estimate of drug-likeness (QED) is 0.923. The highest BCUT2D eigenvalue weighted by Gasteiger charge is 2.11. The van der Waals surface area contributed by atoms with Crippen LogP contribution in [0.2, 0.25) is 0 Å². The van der Waals surface area contributed by atoms with Crippen molar-refractivity contribution in [1.29, 1.82) is 0 Å². The number of halogens is 1. The molecule has 0 radical (unpaired) electrons. The van der Waals surface area contributed by atoms with Gasteiger partial charge in [0.1, 0.15) is 5.82 Å². The number of benzene rings is 1. The van der Waals surface area contributed by atoms with Gasteiger partial charge >= 0.3 is 0 Å². The van der Waals surface area contributed by atoms with Crippen LogP contribution in [-0.2, 0) is 6.54 Å². The fourth-order valence-electron chi connectivity index (χ4n) is 1.79. The summed E-state index contributed by atoms with van der Waals surface area (Å²) in [6.45, 7) is 1.40. The SMILES string of the molecule is OCCN(Cc1ccccc1)c1ncccc1Br. The molecule has 1 N–H and O–H groups in total. The predicted octanol–water partition coefficient (Wildman–Crippen LogP) is 2.84. The van der Waals surface area contributed by atoms with E-state index in [-0.39, 0.29) is 6.61 Å². The van der Waals surface area contributed by atoms with Crippen molar-refractivity contribution in [2.24, 2.45) is 0 Å². The number of anilines is 1. The van der Waals surface area contributed by atoms with Gasteiger partial charge in [-0.05, 0) is 33.6 Å². The molecule has 2 rings (SSSR count). The fourth-order valence-corrected chi connectivity index (χ4v) is 2.30. The lowest BCUT2D eigenvalue weighted by atomic mass is 10.2. The van der Waals surface area contributed by atoms with E-state index in [9.17, 15) is 5.11 Å². The van der Waals surface area contributed by atoms with Crippen LogP contribution in [0.15, 0.2) is 53.1 Å². The first-order valence-electron chi connectivity index (χ1n) is 5.81. The molecule has 0 unspecified atom stereocenters. The third kappa shape index (κ3) is 3.31. The van der Waals surface area contributed by atoms with E-state index in [0.717, 1.165) is 16.8 Å². The monoisotopic (exact) mass is 306 g/mol. The van der Waals surface area contributed by atoms with E-state index in [1.165, 1.54) is 5.56 Å². The van der Waals surface area contributed by atoms with Gasteiger partial charge in [-0.2, -0.15) is 0 Å². The third-order valence-corrected chi connectivity index (χ3v) is 3.24. The Bertz CT molecular complexity index is 490. The third-order valence-electron chi connectivity index (χ3n) is 2.62. The van der Waals surface area contributed by atoms with Gasteiger partial charge in [-0.3, -0.25) is 0 Å². The number of nitrogens with zero attached hydrogens (tertiary/aromatic N) is 2. The molecule has 0 spiro atoms. The number of hydrogen-bond acceptors (Lipinski definition) is 3. The van der Waals surface area contributed by atoms with Crippen LogP contribution in [0.25, 0.3) is 0 Å². The van der Waals surface area contributed by atoms with Crippen LogP contribution < -0.4 is 4.90 Å². The lowest BCUT2D eigenvalue weighted by Crippen LogP contribution is -2.27. The van der Waals surface area contributed by atoms with Crippen LogP contribution in [0.4, 0.5) is 5.82 Å². The van der Waals surface area contributed by atoms with Crippen molar-refractivity contribution in [2.75, 3.05) is 18.1 Å². The Morgan fingerprint density at radius 1 is 1.11 bits per heavy atom. The number of hydrogen-bond donors (Lipinski definition) is 1. The molecule has 0 aliphatic carbocycles. The summed E-state index contributed by atoms with van der Waals surface area (Å²) in [7, 11) is 0. The Morgan fingerprint density at radius 3 is 2.56 bits per heavy atom. The van der Waals surface area contributed by atoms with Crippen molar-refractivity contribution in [3.63, 3.8) is 0 Å². The number of aromatic nitrogens is 1. The molecule has 18 heavy (non-hydrogen) atoms. The van der Waals surface area contributed by atoms with Gasteiger partial charge in [-0.15, -0.1) is 0 Å². The maximum absolute atomic E-state index is 9.18. The van der Waals surface area contributed by atoms with Gasteiger partial charge in [-0.1, -0.05) is 30.3 Å². The van der Waals surface area contributed by atoms with Gasteiger partial charge in [0, 0.05) is 19.3 Å². The summed E-state index contributed by atoms with van der Waals surface area (Å²) in [6, 6.07) is 14.0. The highest BCUT2D eigenvalue weighted by Crippen LogP contribution is 2.24. The van der Waals surface area contributed by atoms with E-state index in [4.69, 9.17) is 0 Å². The summed E-state index contributed by atoms with van der Waals surface area (Å²) >= 11 is 3.49. The second-order valence-electron chi connectivity index (χ2n) is 3.94. The molecule has 0 saturated carbocycles. The van der Waals surface area contributed by atoms with E-state index in [1.54, 1.807) is 6.20 Å². The molecule has 0 atom stereocenters. The van der Waals surface area contributed by atoms with Gasteiger partial charge in [-0.25, -0.2) is 4.98 Å². The van der Waals surface area contributed by atoms with E-state index >= 15 is 0 Å². The van der Waals surface area contributed by atoms with Gasteiger partial charge in [0.25, 0.3) is 0 Å². The maximum Gasteiger partial charge on any atom is 0.143 e. The lowest BCUT2D eigenvalue weighted by molar-refractivity contribution is 0.301. The molecule has 1 aromatic carbocycles. The van der Waals surface area contributed by atoms with Crippen molar-refractivity contribution in [3.8, 4) is 0 Å². The Balaban J connectivity index is 2.21. The van der Waals surface area contributed by atoms with Crippen LogP contribution in [0, 0.1) is 0 Å². The van der Waals surface area contributed by atoms with E-state index in [1.807, 2.05) is 30.3 Å². The molecular weight excluding hydrogens is 292 g/mol. The first kappa shape index (κ1) is 13.1. The van der Waals surface area contributed by atoms with Crippen molar-refractivity contribution < 1.29 is 5.11 Å². The van der Waals surface area contributed by atoms with Crippen LogP contribution in [0.3, 0.4) is 0 Å². The summed E-state index contributed by atoms with van der Waals surface area (Å²) in [4.78, 5) is 6.42. The topological polar surface area (TPSA) is 36.4 Å². The highest BCUT2D eigenvalue weighted by atomic mass is 79.9. The summed E-state index contributed by atoms with van der Waals surface area (Å²) in [5, 5.41) is 9.18. The first-order valence-corrected chi connectivity index (χ1v) is 6.61. The van der Waals surface area contributed by atoms with Crippen LogP contribution >= 0.6 is 15.9 Å². The molecular formula is C14H15BrN2O. The predicted molar refractivity (Wildman–Crippen MR) is 76.5 cm³/mol. The summed E-state index contributed by atoms with van der Waals surface area (Å²) in [5.41, 5.74) is 1.20. The Hall–Kier alpha value is -1.39. The van der Waals surface area contributed by atoms with Gasteiger partial charge in [0.15, 0.2) is 0 Å². The molecule has 94 valence electrons. The minimum Gasteiger partial charge on any atom is -0.395 e. The molecule has 2 aromatic rings. The van der Waals surface area contributed by atoms with E-state index < -0.39 is 0 Å². The lowest BCUT2D eigenvalue weighted by Gasteiger charge is -2.23. The summed E-state index contributed by atoms with van der Waals surface area (Å²) in [5.74, 6) is 0.857. The Labute approximate surface area is 115 Å². The number of rotatable bonds is 5. The molecule has 0 aliphatic heterocycles. The van der Waals surface area contributed by atoms with E-state index in [2.05, 4.69) is 37.9 Å². The zero-order valence-corrected chi connectivity index (χ0v) is 11.5. The zero-order valence-electron chi connectivity index (χ0n) is 9.96. The standard InChI is InChI=1S/C14H15BrN2O/c15-13-7-4-8-16-14(13)17(9-10-18)11-12-5-2-1-3-6-12/h1-8,18H,9-11H2. The molecule has 1 heterocycles. The second kappa shape index (κ2) is 6.52. The number of pyridine rings is 1. The minimum absolute atomic E-state index is 0.107. The molecule has 0 fully saturated rings. The number of aliphatic hydroxyl groups is 1. The molecule has 0 bridgehead atoms. The van der Waals surface area contributed by atoms with Gasteiger partial charge in [0.05, 0.1) is 11.1 Å². The average Bonchev–Trinajstić information content (AvgIpc) is 2.40. The molecule has 0 aliphatic rings. The maximum atomic E-state index is 9.18. The van der Waals surface area contributed by atoms with Crippen LogP contribution in [0.1, 0.15) is 5.56 Å². The molecule has 0 amide bonds. The van der Waals surface area contributed by atoms with E-state index in [0.29, 0.717) is 6.54 Å². The molecule has 3 nitrogen and oxygen atoms in total. The number of aliphatic hydroxyl groups excluding tert-OH is 1. The first-order chi connectivity index (χ1) is 8.81. The van der Waals surface area contributed by atoms with Crippen molar-refractivity contribution >= 4 is 21.7 Å². The average molecular weight is 307 g/mol. The smallest absolute Gasteiger partial charge is 0.143 e. The van der Waals surface area contributed by atoms with Crippen LogP contribution in [0.5, 0.6) is 0 Å². The normalized spacial score (nSPS) is 10.3. The second-order valence-corrected chi connectivity index (χ2v) is 4.79. The molecule has 0 saturated heterocycles. The molecule has 1 aromatic heterocycles. The fraction of sp³-hybridized carbons (Fsp3) is 0.214. The largest absolute Gasteiger partial charge is 0.395 e. The zero-order chi connectivity index (χ0) is 12.8. The summed E-state index contributed by atoms with van der Waals surface area (Å²) < 4.78 is 0.939. The van der Waals surface area contributed by atoms with Crippen molar-refractivity contribution in [1.82, 2.24) is 4.98 Å². The van der Waals surface area contributed by atoms with Crippen molar-refractivity contribution in [2.45, 2.75) is 6.54 Å². The Morgan fingerprint density at radius 2 is 1.89 bits per heavy atom. The Kier molecular flexibility index (Phi) is 4.73. The van der Waals surface area contributed by atoms with Gasteiger partial charge < -0.3 is 10.0 Å². The van der Waals surface area contributed by atoms with Gasteiger partial charge in [0.2, 0.25) is 0 Å².